The van der Waals surface area contributed by atoms with Gasteiger partial charge >= 0.3 is 0 Å². The summed E-state index contributed by atoms with van der Waals surface area (Å²) >= 11 is 6.06. The highest BCUT2D eigenvalue weighted by molar-refractivity contribution is 6.45. The van der Waals surface area contributed by atoms with E-state index in [0.29, 0.717) is 47.2 Å². The van der Waals surface area contributed by atoms with Crippen LogP contribution in [0.5, 0.6) is 0 Å². The molecule has 1 saturated heterocycles. The first-order chi connectivity index (χ1) is 14.9. The average molecular weight is 440 g/mol. The summed E-state index contributed by atoms with van der Waals surface area (Å²) in [5, 5.41) is 9.79. The SMILES string of the molecule is Cc1ccc(N2C(=O)C(c3ccc(Cl)cc3)=C(N3CCN(CCO)CC3)C2=O)c(C)c1. The van der Waals surface area contributed by atoms with Gasteiger partial charge in [-0.2, -0.15) is 0 Å². The number of piperazine rings is 1. The molecule has 2 aromatic carbocycles. The molecule has 0 aromatic heterocycles. The third-order valence-electron chi connectivity index (χ3n) is 5.89. The van der Waals surface area contributed by atoms with Gasteiger partial charge < -0.3 is 10.0 Å². The summed E-state index contributed by atoms with van der Waals surface area (Å²) in [5.74, 6) is -0.607. The fourth-order valence-electron chi connectivity index (χ4n) is 4.30. The highest BCUT2D eigenvalue weighted by atomic mass is 35.5. The summed E-state index contributed by atoms with van der Waals surface area (Å²) in [6.45, 7) is 7.30. The summed E-state index contributed by atoms with van der Waals surface area (Å²) in [6, 6.07) is 12.8. The summed E-state index contributed by atoms with van der Waals surface area (Å²) in [7, 11) is 0. The molecule has 0 atom stereocenters. The summed E-state index contributed by atoms with van der Waals surface area (Å²) < 4.78 is 0. The van der Waals surface area contributed by atoms with Gasteiger partial charge in [-0.25, -0.2) is 4.90 Å². The number of hydrogen-bond donors (Lipinski definition) is 1. The molecule has 1 fully saturated rings. The molecule has 2 amide bonds. The fourth-order valence-corrected chi connectivity index (χ4v) is 4.43. The molecule has 0 aliphatic carbocycles. The van der Waals surface area contributed by atoms with Gasteiger partial charge in [0, 0.05) is 37.7 Å². The number of hydrogen-bond acceptors (Lipinski definition) is 5. The third-order valence-corrected chi connectivity index (χ3v) is 6.14. The third kappa shape index (κ3) is 4.11. The summed E-state index contributed by atoms with van der Waals surface area (Å²) in [6.07, 6.45) is 0. The van der Waals surface area contributed by atoms with Gasteiger partial charge in [0.1, 0.15) is 5.70 Å². The molecule has 0 saturated carbocycles. The highest BCUT2D eigenvalue weighted by Crippen LogP contribution is 2.36. The van der Waals surface area contributed by atoms with Crippen LogP contribution in [0.15, 0.2) is 48.2 Å². The monoisotopic (exact) mass is 439 g/mol. The Hall–Kier alpha value is -2.67. The van der Waals surface area contributed by atoms with Crippen LogP contribution in [-0.2, 0) is 9.59 Å². The van der Waals surface area contributed by atoms with E-state index in [1.54, 1.807) is 24.3 Å². The van der Waals surface area contributed by atoms with E-state index in [2.05, 4.69) is 4.90 Å². The smallest absolute Gasteiger partial charge is 0.282 e. The topological polar surface area (TPSA) is 64.1 Å². The van der Waals surface area contributed by atoms with E-state index in [9.17, 15) is 14.7 Å². The lowest BCUT2D eigenvalue weighted by Crippen LogP contribution is -2.48. The Kier molecular flexibility index (Phi) is 6.14. The normalized spacial score (nSPS) is 17.8. The number of β-amino-alcohol motifs (C(OH)–C–C–N with tert-alkyl or cyclic N) is 1. The number of aryl methyl sites for hydroxylation is 2. The van der Waals surface area contributed by atoms with Crippen molar-refractivity contribution in [1.82, 2.24) is 9.80 Å². The van der Waals surface area contributed by atoms with Crippen molar-refractivity contribution < 1.29 is 14.7 Å². The molecule has 6 nitrogen and oxygen atoms in total. The molecule has 2 heterocycles. The van der Waals surface area contributed by atoms with Crippen molar-refractivity contribution in [1.29, 1.82) is 0 Å². The van der Waals surface area contributed by atoms with Gasteiger partial charge in [-0.3, -0.25) is 14.5 Å². The lowest BCUT2D eigenvalue weighted by molar-refractivity contribution is -0.120. The molecule has 2 aliphatic rings. The zero-order valence-electron chi connectivity index (χ0n) is 17.8. The number of aliphatic hydroxyl groups excluding tert-OH is 1. The number of nitrogens with zero attached hydrogens (tertiary/aromatic N) is 3. The Morgan fingerprint density at radius 3 is 2.23 bits per heavy atom. The van der Waals surface area contributed by atoms with Gasteiger partial charge in [0.25, 0.3) is 11.8 Å². The van der Waals surface area contributed by atoms with Crippen molar-refractivity contribution in [3.63, 3.8) is 0 Å². The van der Waals surface area contributed by atoms with E-state index < -0.39 is 0 Å². The van der Waals surface area contributed by atoms with Gasteiger partial charge in [-0.1, -0.05) is 41.4 Å². The molecule has 1 N–H and O–H groups in total. The van der Waals surface area contributed by atoms with Crippen LogP contribution in [0.2, 0.25) is 5.02 Å². The van der Waals surface area contributed by atoms with Gasteiger partial charge in [0.15, 0.2) is 0 Å². The fraction of sp³-hybridized carbons (Fsp3) is 0.333. The van der Waals surface area contributed by atoms with E-state index in [1.807, 2.05) is 36.9 Å². The van der Waals surface area contributed by atoms with Crippen LogP contribution in [0, 0.1) is 13.8 Å². The van der Waals surface area contributed by atoms with Crippen molar-refractivity contribution in [2.24, 2.45) is 0 Å². The van der Waals surface area contributed by atoms with Crippen LogP contribution >= 0.6 is 11.6 Å². The van der Waals surface area contributed by atoms with Gasteiger partial charge in [0.2, 0.25) is 0 Å². The Labute approximate surface area is 187 Å². The molecular formula is C24H26ClN3O3. The van der Waals surface area contributed by atoms with Gasteiger partial charge in [-0.15, -0.1) is 0 Å². The first kappa shape index (κ1) is 21.6. The van der Waals surface area contributed by atoms with Crippen LogP contribution in [-0.4, -0.2) is 66.1 Å². The van der Waals surface area contributed by atoms with Crippen molar-refractivity contribution >= 4 is 34.7 Å². The minimum Gasteiger partial charge on any atom is -0.395 e. The van der Waals surface area contributed by atoms with Crippen LogP contribution in [0.3, 0.4) is 0 Å². The molecule has 0 spiro atoms. The zero-order valence-corrected chi connectivity index (χ0v) is 18.5. The molecule has 0 radical (unpaired) electrons. The quantitative estimate of drug-likeness (QED) is 0.726. The lowest BCUT2D eigenvalue weighted by Gasteiger charge is -2.36. The minimum absolute atomic E-state index is 0.108. The second-order valence-electron chi connectivity index (χ2n) is 8.02. The molecule has 0 unspecified atom stereocenters. The molecule has 2 aliphatic heterocycles. The van der Waals surface area contributed by atoms with E-state index in [0.717, 1.165) is 24.2 Å². The first-order valence-corrected chi connectivity index (χ1v) is 10.8. The van der Waals surface area contributed by atoms with Crippen molar-refractivity contribution in [3.8, 4) is 0 Å². The largest absolute Gasteiger partial charge is 0.395 e. The number of aliphatic hydroxyl groups is 1. The van der Waals surface area contributed by atoms with E-state index in [-0.39, 0.29) is 18.4 Å². The predicted molar refractivity (Wildman–Crippen MR) is 122 cm³/mol. The number of anilines is 1. The lowest BCUT2D eigenvalue weighted by atomic mass is 10.0. The maximum Gasteiger partial charge on any atom is 0.282 e. The molecule has 0 bridgehead atoms. The van der Waals surface area contributed by atoms with Crippen LogP contribution < -0.4 is 4.90 Å². The van der Waals surface area contributed by atoms with Crippen molar-refractivity contribution in [2.75, 3.05) is 44.2 Å². The molecular weight excluding hydrogens is 414 g/mol. The number of carbonyl (C=O) groups excluding carboxylic acids is 2. The molecule has 4 rings (SSSR count). The second-order valence-corrected chi connectivity index (χ2v) is 8.45. The average Bonchev–Trinajstić information content (AvgIpc) is 3.00. The van der Waals surface area contributed by atoms with E-state index >= 15 is 0 Å². The number of imide groups is 1. The maximum absolute atomic E-state index is 13.6. The first-order valence-electron chi connectivity index (χ1n) is 10.4. The number of amides is 2. The second kappa shape index (κ2) is 8.83. The van der Waals surface area contributed by atoms with Crippen molar-refractivity contribution in [3.05, 3.63) is 69.9 Å². The molecule has 2 aromatic rings. The van der Waals surface area contributed by atoms with Crippen LogP contribution in [0.25, 0.3) is 5.57 Å². The Bertz CT molecular complexity index is 1040. The summed E-state index contributed by atoms with van der Waals surface area (Å²) in [5.41, 5.74) is 4.11. The maximum atomic E-state index is 13.6. The standard InChI is InChI=1S/C24H26ClN3O3/c1-16-3-8-20(17(2)15-16)28-23(30)21(18-4-6-19(25)7-5-18)22(24(28)31)27-11-9-26(10-12-27)13-14-29/h3-8,15,29H,9-14H2,1-2H3. The number of carbonyl (C=O) groups is 2. The Morgan fingerprint density at radius 1 is 0.935 bits per heavy atom. The van der Waals surface area contributed by atoms with Crippen molar-refractivity contribution in [2.45, 2.75) is 13.8 Å². The minimum atomic E-state index is -0.313. The van der Waals surface area contributed by atoms with Crippen LogP contribution in [0.1, 0.15) is 16.7 Å². The number of halogens is 1. The zero-order chi connectivity index (χ0) is 22.1. The molecule has 162 valence electrons. The molecule has 7 heteroatoms. The van der Waals surface area contributed by atoms with Gasteiger partial charge in [0.05, 0.1) is 17.9 Å². The number of rotatable bonds is 5. The Balaban J connectivity index is 1.75. The van der Waals surface area contributed by atoms with Crippen LogP contribution in [0.4, 0.5) is 5.69 Å². The van der Waals surface area contributed by atoms with E-state index in [1.165, 1.54) is 4.90 Å². The summed E-state index contributed by atoms with van der Waals surface area (Å²) in [4.78, 5) is 32.7. The van der Waals surface area contributed by atoms with E-state index in [4.69, 9.17) is 11.6 Å². The predicted octanol–water partition coefficient (Wildman–Crippen LogP) is 2.85. The van der Waals surface area contributed by atoms with Gasteiger partial charge in [-0.05, 0) is 43.2 Å². The highest BCUT2D eigenvalue weighted by Gasteiger charge is 2.43. The molecule has 31 heavy (non-hydrogen) atoms. The Morgan fingerprint density at radius 2 is 1.61 bits per heavy atom. The number of benzene rings is 2.